The summed E-state index contributed by atoms with van der Waals surface area (Å²) in [6.45, 7) is 1.96. The van der Waals surface area contributed by atoms with Gasteiger partial charge in [-0.25, -0.2) is 14.2 Å². The molecule has 11 heteroatoms. The van der Waals surface area contributed by atoms with Gasteiger partial charge < -0.3 is 23.9 Å². The quantitative estimate of drug-likeness (QED) is 0.511. The smallest absolute Gasteiger partial charge is 0.431 e. The number of aromatic nitrogens is 1. The van der Waals surface area contributed by atoms with Crippen LogP contribution in [-0.2, 0) is 11.3 Å². The van der Waals surface area contributed by atoms with Crippen LogP contribution >= 0.6 is 0 Å². The van der Waals surface area contributed by atoms with E-state index in [0.29, 0.717) is 23.4 Å². The molecule has 182 valence electrons. The number of cyclic esters (lactones) is 1. The summed E-state index contributed by atoms with van der Waals surface area (Å²) in [6.07, 6.45) is 1.69. The van der Waals surface area contributed by atoms with Gasteiger partial charge in [-0.05, 0) is 36.2 Å². The van der Waals surface area contributed by atoms with Gasteiger partial charge in [0.2, 0.25) is 5.76 Å². The van der Waals surface area contributed by atoms with Gasteiger partial charge in [0.25, 0.3) is 5.91 Å². The summed E-state index contributed by atoms with van der Waals surface area (Å²) in [6, 6.07) is 9.62. The number of anilines is 1. The number of amides is 2. The Bertz CT molecular complexity index is 1240. The lowest BCUT2D eigenvalue weighted by Gasteiger charge is -2.30. The standard InChI is InChI=1S/C24H23FN4O6/c1-4-18-20(16-9-10-17(25)22(33-3)21(16)32-2)28-29(24(31)35-18)12-14-5-7-15(8-6-14)27-23(30)19-11-26-13-34-19/h5-11,13,18H,4,12H2,1-3H3,(H,27,30). The molecule has 0 aliphatic carbocycles. The third-order valence-electron chi connectivity index (χ3n) is 5.31. The van der Waals surface area contributed by atoms with Crippen molar-refractivity contribution in [1.82, 2.24) is 9.99 Å². The van der Waals surface area contributed by atoms with Crippen molar-refractivity contribution in [3.05, 3.63) is 71.7 Å². The average molecular weight is 482 g/mol. The fourth-order valence-electron chi connectivity index (χ4n) is 3.60. The maximum atomic E-state index is 14.2. The molecule has 2 amide bonds. The number of oxazole rings is 1. The van der Waals surface area contributed by atoms with Gasteiger partial charge in [0, 0.05) is 11.3 Å². The number of hydrogen-bond donors (Lipinski definition) is 1. The molecular weight excluding hydrogens is 459 g/mol. The van der Waals surface area contributed by atoms with Crippen LogP contribution in [0.1, 0.15) is 35.0 Å². The maximum absolute atomic E-state index is 14.2. The Hall–Kier alpha value is -4.41. The summed E-state index contributed by atoms with van der Waals surface area (Å²) in [5.41, 5.74) is 2.15. The summed E-state index contributed by atoms with van der Waals surface area (Å²) in [5.74, 6) is -0.825. The molecule has 1 N–H and O–H groups in total. The number of benzene rings is 2. The molecule has 0 saturated carbocycles. The first-order valence-corrected chi connectivity index (χ1v) is 10.7. The molecule has 2 aromatic carbocycles. The van der Waals surface area contributed by atoms with Crippen LogP contribution in [0.15, 0.2) is 58.5 Å². The number of rotatable bonds is 8. The first-order valence-electron chi connectivity index (χ1n) is 10.7. The molecule has 2 heterocycles. The fraction of sp³-hybridized carbons (Fsp3) is 0.250. The Kier molecular flexibility index (Phi) is 6.95. The minimum Gasteiger partial charge on any atom is -0.492 e. The second-order valence-electron chi connectivity index (χ2n) is 7.50. The van der Waals surface area contributed by atoms with Gasteiger partial charge in [-0.15, -0.1) is 0 Å². The summed E-state index contributed by atoms with van der Waals surface area (Å²) in [4.78, 5) is 28.4. The average Bonchev–Trinajstić information content (AvgIpc) is 3.41. The van der Waals surface area contributed by atoms with Crippen LogP contribution < -0.4 is 14.8 Å². The number of nitrogens with zero attached hydrogens (tertiary/aromatic N) is 3. The van der Waals surface area contributed by atoms with Crippen molar-refractivity contribution in [3.8, 4) is 11.5 Å². The molecule has 3 aromatic rings. The molecule has 0 bridgehead atoms. The van der Waals surface area contributed by atoms with Gasteiger partial charge in [0.05, 0.1) is 27.0 Å². The van der Waals surface area contributed by atoms with Crippen LogP contribution in [0.2, 0.25) is 0 Å². The van der Waals surface area contributed by atoms with Crippen molar-refractivity contribution in [2.75, 3.05) is 19.5 Å². The highest BCUT2D eigenvalue weighted by Gasteiger charge is 2.33. The van der Waals surface area contributed by atoms with E-state index in [2.05, 4.69) is 15.4 Å². The Morgan fingerprint density at radius 3 is 2.51 bits per heavy atom. The lowest BCUT2D eigenvalue weighted by molar-refractivity contribution is 0.0711. The minimum atomic E-state index is -0.642. The van der Waals surface area contributed by atoms with Crippen LogP contribution in [0.4, 0.5) is 14.9 Å². The van der Waals surface area contributed by atoms with E-state index in [9.17, 15) is 14.0 Å². The van der Waals surface area contributed by atoms with Crippen molar-refractivity contribution in [1.29, 1.82) is 0 Å². The van der Waals surface area contributed by atoms with Crippen molar-refractivity contribution in [2.24, 2.45) is 5.10 Å². The normalized spacial score (nSPS) is 15.3. The van der Waals surface area contributed by atoms with E-state index in [1.54, 1.807) is 24.3 Å². The molecule has 4 rings (SSSR count). The zero-order chi connectivity index (χ0) is 24.9. The Balaban J connectivity index is 1.58. The monoisotopic (exact) mass is 482 g/mol. The second kappa shape index (κ2) is 10.2. The van der Waals surface area contributed by atoms with Gasteiger partial charge >= 0.3 is 6.09 Å². The van der Waals surface area contributed by atoms with Crippen LogP contribution in [0.5, 0.6) is 11.5 Å². The van der Waals surface area contributed by atoms with E-state index >= 15 is 0 Å². The van der Waals surface area contributed by atoms with E-state index < -0.39 is 23.9 Å². The highest BCUT2D eigenvalue weighted by molar-refractivity contribution is 6.08. The fourth-order valence-corrected chi connectivity index (χ4v) is 3.60. The van der Waals surface area contributed by atoms with Gasteiger partial charge in [-0.2, -0.15) is 10.1 Å². The highest BCUT2D eigenvalue weighted by atomic mass is 19.1. The molecule has 0 radical (unpaired) electrons. The molecule has 35 heavy (non-hydrogen) atoms. The third-order valence-corrected chi connectivity index (χ3v) is 5.31. The number of hydrogen-bond acceptors (Lipinski definition) is 8. The molecular formula is C24H23FN4O6. The number of carbonyl (C=O) groups is 2. The van der Waals surface area contributed by atoms with E-state index in [-0.39, 0.29) is 23.8 Å². The van der Waals surface area contributed by atoms with Crippen molar-refractivity contribution in [2.45, 2.75) is 26.0 Å². The molecule has 1 aliphatic heterocycles. The number of nitrogens with one attached hydrogen (secondary N) is 1. The molecule has 1 aromatic heterocycles. The predicted octanol–water partition coefficient (Wildman–Crippen LogP) is 4.22. The van der Waals surface area contributed by atoms with E-state index in [1.165, 1.54) is 44.0 Å². The SMILES string of the molecule is CCC1OC(=O)N(Cc2ccc(NC(=O)c3cnco3)cc2)N=C1c1ccc(F)c(OC)c1OC. The van der Waals surface area contributed by atoms with Gasteiger partial charge in [0.15, 0.2) is 23.7 Å². The van der Waals surface area contributed by atoms with Crippen LogP contribution in [-0.4, -0.2) is 48.0 Å². The minimum absolute atomic E-state index is 0.0611. The topological polar surface area (TPSA) is 115 Å². The number of carbonyl (C=O) groups excluding carboxylic acids is 2. The predicted molar refractivity (Wildman–Crippen MR) is 123 cm³/mol. The lowest BCUT2D eigenvalue weighted by atomic mass is 10.0. The van der Waals surface area contributed by atoms with Crippen molar-refractivity contribution < 1.29 is 32.6 Å². The summed E-state index contributed by atoms with van der Waals surface area (Å²) in [5, 5.41) is 8.40. The number of halogens is 1. The first kappa shape index (κ1) is 23.7. The Morgan fingerprint density at radius 1 is 1.14 bits per heavy atom. The summed E-state index contributed by atoms with van der Waals surface area (Å²) >= 11 is 0. The summed E-state index contributed by atoms with van der Waals surface area (Å²) < 4.78 is 35.3. The highest BCUT2D eigenvalue weighted by Crippen LogP contribution is 2.36. The third kappa shape index (κ3) is 4.93. The van der Waals surface area contributed by atoms with Crippen LogP contribution in [0, 0.1) is 5.82 Å². The van der Waals surface area contributed by atoms with Crippen LogP contribution in [0.3, 0.4) is 0 Å². The number of hydrazone groups is 1. The largest absolute Gasteiger partial charge is 0.492 e. The lowest BCUT2D eigenvalue weighted by Crippen LogP contribution is -2.41. The number of ether oxygens (including phenoxy) is 3. The Morgan fingerprint density at radius 2 is 1.89 bits per heavy atom. The van der Waals surface area contributed by atoms with Crippen LogP contribution in [0.25, 0.3) is 0 Å². The first-order chi connectivity index (χ1) is 16.9. The summed E-state index contributed by atoms with van der Waals surface area (Å²) in [7, 11) is 2.74. The molecule has 0 fully saturated rings. The van der Waals surface area contributed by atoms with Gasteiger partial charge in [-0.1, -0.05) is 19.1 Å². The molecule has 0 saturated heterocycles. The van der Waals surface area contributed by atoms with Gasteiger partial charge in [0.1, 0.15) is 11.8 Å². The van der Waals surface area contributed by atoms with E-state index in [4.69, 9.17) is 18.6 Å². The van der Waals surface area contributed by atoms with E-state index in [1.807, 2.05) is 6.92 Å². The molecule has 1 atom stereocenters. The molecule has 10 nitrogen and oxygen atoms in total. The Labute approximate surface area is 200 Å². The second-order valence-corrected chi connectivity index (χ2v) is 7.50. The van der Waals surface area contributed by atoms with E-state index in [0.717, 1.165) is 5.56 Å². The zero-order valence-corrected chi connectivity index (χ0v) is 19.3. The van der Waals surface area contributed by atoms with Crippen molar-refractivity contribution in [3.63, 3.8) is 0 Å². The molecule has 0 spiro atoms. The molecule has 1 aliphatic rings. The van der Waals surface area contributed by atoms with Gasteiger partial charge in [-0.3, -0.25) is 4.79 Å². The zero-order valence-electron chi connectivity index (χ0n) is 19.3. The number of methoxy groups -OCH3 is 2. The molecule has 1 unspecified atom stereocenters. The van der Waals surface area contributed by atoms with Crippen molar-refractivity contribution >= 4 is 23.4 Å². The maximum Gasteiger partial charge on any atom is 0.431 e.